The SMILES string of the molecule is CCCOC(=O)c1cccc(CN2CCC(OC(c3ccccc3)c3ccccc3)C2)n1. The van der Waals surface area contributed by atoms with Crippen LogP contribution in [0.3, 0.4) is 0 Å². The maximum absolute atomic E-state index is 12.1. The summed E-state index contributed by atoms with van der Waals surface area (Å²) in [6.07, 6.45) is 1.82. The van der Waals surface area contributed by atoms with Crippen molar-refractivity contribution >= 4 is 5.97 Å². The zero-order valence-corrected chi connectivity index (χ0v) is 18.5. The van der Waals surface area contributed by atoms with Gasteiger partial charge in [-0.15, -0.1) is 0 Å². The van der Waals surface area contributed by atoms with Crippen molar-refractivity contribution in [1.82, 2.24) is 9.88 Å². The van der Waals surface area contributed by atoms with Crippen molar-refractivity contribution in [2.75, 3.05) is 19.7 Å². The van der Waals surface area contributed by atoms with Crippen molar-refractivity contribution in [3.8, 4) is 0 Å². The van der Waals surface area contributed by atoms with E-state index < -0.39 is 0 Å². The maximum Gasteiger partial charge on any atom is 0.356 e. The van der Waals surface area contributed by atoms with Crippen LogP contribution in [0.5, 0.6) is 0 Å². The third-order valence-electron chi connectivity index (χ3n) is 5.60. The third-order valence-corrected chi connectivity index (χ3v) is 5.60. The maximum atomic E-state index is 12.1. The molecule has 0 radical (unpaired) electrons. The number of rotatable bonds is 9. The summed E-state index contributed by atoms with van der Waals surface area (Å²) in [5, 5.41) is 0. The summed E-state index contributed by atoms with van der Waals surface area (Å²) in [7, 11) is 0. The Bertz CT molecular complexity index is 955. The van der Waals surface area contributed by atoms with Crippen molar-refractivity contribution in [2.24, 2.45) is 0 Å². The number of esters is 1. The van der Waals surface area contributed by atoms with E-state index in [1.165, 1.54) is 0 Å². The van der Waals surface area contributed by atoms with Gasteiger partial charge in [-0.25, -0.2) is 9.78 Å². The smallest absolute Gasteiger partial charge is 0.356 e. The molecule has 0 amide bonds. The molecule has 0 bridgehead atoms. The van der Waals surface area contributed by atoms with Gasteiger partial charge < -0.3 is 9.47 Å². The molecule has 1 fully saturated rings. The number of ether oxygens (including phenoxy) is 2. The normalized spacial score (nSPS) is 16.4. The Hall–Kier alpha value is -3.02. The molecule has 0 aliphatic carbocycles. The number of hydrogen-bond donors (Lipinski definition) is 0. The molecule has 5 nitrogen and oxygen atoms in total. The first kappa shape index (κ1) is 22.2. The number of benzene rings is 2. The second kappa shape index (κ2) is 11.0. The van der Waals surface area contributed by atoms with Crippen LogP contribution in [0.1, 0.15) is 53.2 Å². The summed E-state index contributed by atoms with van der Waals surface area (Å²) in [5.41, 5.74) is 3.57. The molecular formula is C27H30N2O3. The van der Waals surface area contributed by atoms with Crippen molar-refractivity contribution < 1.29 is 14.3 Å². The van der Waals surface area contributed by atoms with Crippen molar-refractivity contribution in [2.45, 2.75) is 38.5 Å². The minimum atomic E-state index is -0.357. The molecule has 1 aliphatic rings. The number of pyridine rings is 1. The fraction of sp³-hybridized carbons (Fsp3) is 0.333. The average molecular weight is 431 g/mol. The van der Waals surface area contributed by atoms with Crippen molar-refractivity contribution in [3.63, 3.8) is 0 Å². The van der Waals surface area contributed by atoms with E-state index in [1.807, 2.05) is 31.2 Å². The molecule has 1 atom stereocenters. The van der Waals surface area contributed by atoms with Crippen molar-refractivity contribution in [3.05, 3.63) is 101 Å². The molecule has 3 aromatic rings. The Morgan fingerprint density at radius 3 is 2.34 bits per heavy atom. The first-order valence-electron chi connectivity index (χ1n) is 11.3. The van der Waals surface area contributed by atoms with Crippen LogP contribution < -0.4 is 0 Å². The Balaban J connectivity index is 1.39. The number of carbonyl (C=O) groups is 1. The van der Waals surface area contributed by atoms with Gasteiger partial charge in [0.15, 0.2) is 0 Å². The lowest BCUT2D eigenvalue weighted by Gasteiger charge is -2.23. The van der Waals surface area contributed by atoms with Crippen LogP contribution in [0.4, 0.5) is 0 Å². The highest BCUT2D eigenvalue weighted by molar-refractivity contribution is 5.87. The summed E-state index contributed by atoms with van der Waals surface area (Å²) < 4.78 is 11.8. The lowest BCUT2D eigenvalue weighted by Crippen LogP contribution is -2.25. The monoisotopic (exact) mass is 430 g/mol. The minimum Gasteiger partial charge on any atom is -0.461 e. The standard InChI is InChI=1S/C27H30N2O3/c1-2-18-31-27(30)25-15-9-14-23(28-25)19-29-17-16-24(20-29)32-26(21-10-5-3-6-11-21)22-12-7-4-8-13-22/h3-15,24,26H,2,16-20H2,1H3. The van der Waals surface area contributed by atoms with Gasteiger partial charge in [-0.2, -0.15) is 0 Å². The summed E-state index contributed by atoms with van der Waals surface area (Å²) in [6.45, 7) is 4.86. The molecule has 2 aromatic carbocycles. The quantitative estimate of drug-likeness (QED) is 0.446. The largest absolute Gasteiger partial charge is 0.461 e. The summed E-state index contributed by atoms with van der Waals surface area (Å²) in [4.78, 5) is 19.0. The molecule has 5 heteroatoms. The van der Waals surface area contributed by atoms with E-state index >= 15 is 0 Å². The number of aromatic nitrogens is 1. The van der Waals surface area contributed by atoms with Crippen LogP contribution >= 0.6 is 0 Å². The van der Waals surface area contributed by atoms with E-state index in [1.54, 1.807) is 6.07 Å². The van der Waals surface area contributed by atoms with Gasteiger partial charge in [0.1, 0.15) is 11.8 Å². The van der Waals surface area contributed by atoms with Crippen LogP contribution in [0.15, 0.2) is 78.9 Å². The van der Waals surface area contributed by atoms with Crippen LogP contribution in [0, 0.1) is 0 Å². The van der Waals surface area contributed by atoms with Crippen molar-refractivity contribution in [1.29, 1.82) is 0 Å². The molecule has 32 heavy (non-hydrogen) atoms. The van der Waals surface area contributed by atoms with Gasteiger partial charge in [0.2, 0.25) is 0 Å². The van der Waals surface area contributed by atoms with Gasteiger partial charge in [-0.3, -0.25) is 4.90 Å². The number of likely N-dealkylation sites (tertiary alicyclic amines) is 1. The Morgan fingerprint density at radius 2 is 1.69 bits per heavy atom. The number of nitrogens with zero attached hydrogens (tertiary/aromatic N) is 2. The van der Waals surface area contributed by atoms with Crippen LogP contribution in [-0.2, 0) is 16.0 Å². The molecule has 166 valence electrons. The zero-order chi connectivity index (χ0) is 22.2. The summed E-state index contributed by atoms with van der Waals surface area (Å²) in [5.74, 6) is -0.357. The molecule has 1 unspecified atom stereocenters. The molecular weight excluding hydrogens is 400 g/mol. The fourth-order valence-corrected chi connectivity index (χ4v) is 4.03. The van der Waals surface area contributed by atoms with E-state index in [9.17, 15) is 4.79 Å². The topological polar surface area (TPSA) is 51.7 Å². The van der Waals surface area contributed by atoms with Crippen LogP contribution in [-0.4, -0.2) is 41.7 Å². The van der Waals surface area contributed by atoms with Gasteiger partial charge in [-0.05, 0) is 36.1 Å². The van der Waals surface area contributed by atoms with E-state index in [2.05, 4.69) is 58.4 Å². The second-order valence-electron chi connectivity index (χ2n) is 8.13. The van der Waals surface area contributed by atoms with Gasteiger partial charge in [-0.1, -0.05) is 73.7 Å². The number of hydrogen-bond acceptors (Lipinski definition) is 5. The predicted molar refractivity (Wildman–Crippen MR) is 124 cm³/mol. The Labute approximate surface area is 190 Å². The zero-order valence-electron chi connectivity index (χ0n) is 18.5. The van der Waals surface area contributed by atoms with Crippen LogP contribution in [0.25, 0.3) is 0 Å². The predicted octanol–water partition coefficient (Wildman–Crippen LogP) is 5.03. The van der Waals surface area contributed by atoms with Gasteiger partial charge in [0.05, 0.1) is 18.4 Å². The number of carbonyl (C=O) groups excluding carboxylic acids is 1. The van der Waals surface area contributed by atoms with E-state index in [0.29, 0.717) is 18.8 Å². The fourth-order valence-electron chi connectivity index (χ4n) is 4.03. The third kappa shape index (κ3) is 5.81. The first-order valence-corrected chi connectivity index (χ1v) is 11.3. The first-order chi connectivity index (χ1) is 15.7. The lowest BCUT2D eigenvalue weighted by atomic mass is 10.0. The van der Waals surface area contributed by atoms with E-state index in [-0.39, 0.29) is 18.2 Å². The highest BCUT2D eigenvalue weighted by atomic mass is 16.5. The molecule has 1 aliphatic heterocycles. The van der Waals surface area contributed by atoms with E-state index in [0.717, 1.165) is 42.8 Å². The molecule has 0 N–H and O–H groups in total. The Morgan fingerprint density at radius 1 is 1.00 bits per heavy atom. The summed E-state index contributed by atoms with van der Waals surface area (Å²) in [6, 6.07) is 26.3. The van der Waals surface area contributed by atoms with Gasteiger partial charge >= 0.3 is 5.97 Å². The van der Waals surface area contributed by atoms with Crippen LogP contribution in [0.2, 0.25) is 0 Å². The lowest BCUT2D eigenvalue weighted by molar-refractivity contribution is 0.0138. The molecule has 0 saturated carbocycles. The highest BCUT2D eigenvalue weighted by Gasteiger charge is 2.27. The molecule has 4 rings (SSSR count). The highest BCUT2D eigenvalue weighted by Crippen LogP contribution is 2.30. The minimum absolute atomic E-state index is 0.0860. The average Bonchev–Trinajstić information content (AvgIpc) is 3.29. The molecule has 1 aromatic heterocycles. The van der Waals surface area contributed by atoms with Gasteiger partial charge in [0.25, 0.3) is 0 Å². The van der Waals surface area contributed by atoms with E-state index in [4.69, 9.17) is 9.47 Å². The van der Waals surface area contributed by atoms with Gasteiger partial charge in [0, 0.05) is 19.6 Å². The second-order valence-corrected chi connectivity index (χ2v) is 8.13. The molecule has 2 heterocycles. The Kier molecular flexibility index (Phi) is 7.64. The molecule has 0 spiro atoms. The molecule has 1 saturated heterocycles. The summed E-state index contributed by atoms with van der Waals surface area (Å²) >= 11 is 0.